The molecule has 0 bridgehead atoms. The van der Waals surface area contributed by atoms with Gasteiger partial charge in [0.15, 0.2) is 0 Å². The number of rotatable bonds is 1. The molecule has 0 saturated heterocycles. The molecular formula is C7H8F3N3. The molecule has 2 rings (SSSR count). The van der Waals surface area contributed by atoms with Crippen molar-refractivity contribution in [3.8, 4) is 0 Å². The third-order valence-corrected chi connectivity index (χ3v) is 2.13. The molecule has 72 valence electrons. The van der Waals surface area contributed by atoms with Crippen LogP contribution in [0.15, 0.2) is 12.4 Å². The van der Waals surface area contributed by atoms with E-state index in [2.05, 4.69) is 5.10 Å². The molecule has 6 heteroatoms. The quantitative estimate of drug-likeness (QED) is 0.727. The maximum Gasteiger partial charge on any atom is 0.419 e. The molecule has 1 heterocycles. The Hall–Kier alpha value is -1.04. The Morgan fingerprint density at radius 3 is 2.46 bits per heavy atom. The topological polar surface area (TPSA) is 43.8 Å². The number of nitrogens with two attached hydrogens (primary N) is 1. The second-order valence-corrected chi connectivity index (χ2v) is 3.27. The van der Waals surface area contributed by atoms with Gasteiger partial charge in [0.25, 0.3) is 0 Å². The van der Waals surface area contributed by atoms with Gasteiger partial charge >= 0.3 is 6.18 Å². The van der Waals surface area contributed by atoms with Crippen LogP contribution >= 0.6 is 0 Å². The minimum atomic E-state index is -4.33. The summed E-state index contributed by atoms with van der Waals surface area (Å²) >= 11 is 0. The molecule has 0 aromatic carbocycles. The van der Waals surface area contributed by atoms with Crippen molar-refractivity contribution in [3.63, 3.8) is 0 Å². The first-order valence-corrected chi connectivity index (χ1v) is 3.83. The van der Waals surface area contributed by atoms with E-state index >= 15 is 0 Å². The Kier molecular flexibility index (Phi) is 1.48. The highest BCUT2D eigenvalue weighted by Crippen LogP contribution is 2.38. The van der Waals surface area contributed by atoms with E-state index in [0.29, 0.717) is 12.8 Å². The van der Waals surface area contributed by atoms with Crippen molar-refractivity contribution in [2.75, 3.05) is 0 Å². The Morgan fingerprint density at radius 1 is 1.46 bits per heavy atom. The first-order valence-electron chi connectivity index (χ1n) is 3.83. The molecule has 1 fully saturated rings. The van der Waals surface area contributed by atoms with Crippen molar-refractivity contribution in [1.29, 1.82) is 0 Å². The largest absolute Gasteiger partial charge is 0.419 e. The molecule has 1 aromatic heterocycles. The lowest BCUT2D eigenvalue weighted by molar-refractivity contribution is -0.137. The Bertz CT molecular complexity index is 304. The van der Waals surface area contributed by atoms with Crippen LogP contribution in [0.3, 0.4) is 0 Å². The van der Waals surface area contributed by atoms with Crippen LogP contribution in [0.4, 0.5) is 13.2 Å². The summed E-state index contributed by atoms with van der Waals surface area (Å²) in [6, 6.07) is 0. The Morgan fingerprint density at radius 2 is 2.08 bits per heavy atom. The van der Waals surface area contributed by atoms with Crippen molar-refractivity contribution >= 4 is 0 Å². The third-order valence-electron chi connectivity index (χ3n) is 2.13. The number of aromatic nitrogens is 2. The lowest BCUT2D eigenvalue weighted by atomic mass is 10.3. The molecule has 1 aromatic rings. The van der Waals surface area contributed by atoms with Crippen LogP contribution in [-0.4, -0.2) is 9.78 Å². The van der Waals surface area contributed by atoms with Crippen LogP contribution in [0.5, 0.6) is 0 Å². The van der Waals surface area contributed by atoms with E-state index in [1.54, 1.807) is 0 Å². The second-order valence-electron chi connectivity index (χ2n) is 3.27. The van der Waals surface area contributed by atoms with Gasteiger partial charge in [0, 0.05) is 6.20 Å². The summed E-state index contributed by atoms with van der Waals surface area (Å²) in [7, 11) is 0. The fraction of sp³-hybridized carbons (Fsp3) is 0.571. The molecule has 0 unspecified atom stereocenters. The van der Waals surface area contributed by atoms with E-state index in [-0.39, 0.29) is 0 Å². The average Bonchev–Trinajstić information content (AvgIpc) is 2.60. The van der Waals surface area contributed by atoms with Crippen molar-refractivity contribution < 1.29 is 13.2 Å². The molecule has 0 amide bonds. The van der Waals surface area contributed by atoms with Crippen LogP contribution in [0.2, 0.25) is 0 Å². The van der Waals surface area contributed by atoms with Crippen LogP contribution in [0.25, 0.3) is 0 Å². The molecular weight excluding hydrogens is 183 g/mol. The minimum Gasteiger partial charge on any atom is -0.307 e. The molecule has 0 spiro atoms. The van der Waals surface area contributed by atoms with Crippen molar-refractivity contribution in [3.05, 3.63) is 18.0 Å². The lowest BCUT2D eigenvalue weighted by Crippen LogP contribution is -2.27. The molecule has 0 aliphatic heterocycles. The van der Waals surface area contributed by atoms with Gasteiger partial charge < -0.3 is 5.73 Å². The molecule has 1 saturated carbocycles. The number of hydrogen-bond acceptors (Lipinski definition) is 2. The average molecular weight is 191 g/mol. The number of hydrogen-bond donors (Lipinski definition) is 1. The number of alkyl halides is 3. The van der Waals surface area contributed by atoms with E-state index in [1.807, 2.05) is 0 Å². The van der Waals surface area contributed by atoms with Gasteiger partial charge in [0.05, 0.1) is 11.8 Å². The monoisotopic (exact) mass is 191 g/mol. The molecule has 1 aliphatic carbocycles. The summed E-state index contributed by atoms with van der Waals surface area (Å²) in [5.41, 5.74) is 4.25. The highest BCUT2D eigenvalue weighted by molar-refractivity contribution is 5.11. The van der Waals surface area contributed by atoms with Crippen LogP contribution in [0.1, 0.15) is 18.4 Å². The van der Waals surface area contributed by atoms with Crippen molar-refractivity contribution in [1.82, 2.24) is 9.78 Å². The summed E-state index contributed by atoms with van der Waals surface area (Å²) in [6.45, 7) is 0. The van der Waals surface area contributed by atoms with Crippen LogP contribution in [-0.2, 0) is 11.8 Å². The van der Waals surface area contributed by atoms with E-state index in [0.717, 1.165) is 12.4 Å². The molecule has 2 N–H and O–H groups in total. The van der Waals surface area contributed by atoms with Crippen molar-refractivity contribution in [2.45, 2.75) is 24.7 Å². The normalized spacial score (nSPS) is 20.3. The van der Waals surface area contributed by atoms with Gasteiger partial charge in [-0.2, -0.15) is 18.3 Å². The SMILES string of the molecule is NC1(n2cc(C(F)(F)F)cn2)CC1. The third kappa shape index (κ3) is 1.41. The number of nitrogens with zero attached hydrogens (tertiary/aromatic N) is 2. The molecule has 1 aliphatic rings. The zero-order chi connectivity index (χ0) is 9.69. The van der Waals surface area contributed by atoms with Crippen LogP contribution in [0, 0.1) is 0 Å². The van der Waals surface area contributed by atoms with E-state index in [4.69, 9.17) is 5.73 Å². The van der Waals surface area contributed by atoms with Gasteiger partial charge in [0.2, 0.25) is 0 Å². The fourth-order valence-electron chi connectivity index (χ4n) is 1.07. The predicted molar refractivity (Wildman–Crippen MR) is 38.6 cm³/mol. The maximum atomic E-state index is 12.1. The fourth-order valence-corrected chi connectivity index (χ4v) is 1.07. The molecule has 3 nitrogen and oxygen atoms in total. The van der Waals surface area contributed by atoms with Crippen LogP contribution < -0.4 is 5.73 Å². The summed E-state index contributed by atoms with van der Waals surface area (Å²) < 4.78 is 37.5. The van der Waals surface area contributed by atoms with E-state index < -0.39 is 17.4 Å². The summed E-state index contributed by atoms with van der Waals surface area (Å²) in [5, 5.41) is 3.59. The first kappa shape index (κ1) is 8.55. The molecule has 0 radical (unpaired) electrons. The van der Waals surface area contributed by atoms with Gasteiger partial charge in [-0.3, -0.25) is 4.68 Å². The number of halogens is 3. The zero-order valence-corrected chi connectivity index (χ0v) is 6.67. The van der Waals surface area contributed by atoms with E-state index in [9.17, 15) is 13.2 Å². The first-order chi connectivity index (χ1) is 5.92. The summed E-state index contributed by atoms with van der Waals surface area (Å²) in [4.78, 5) is 0. The van der Waals surface area contributed by atoms with Crippen molar-refractivity contribution in [2.24, 2.45) is 5.73 Å². The smallest absolute Gasteiger partial charge is 0.307 e. The van der Waals surface area contributed by atoms with Gasteiger partial charge in [-0.05, 0) is 12.8 Å². The van der Waals surface area contributed by atoms with E-state index in [1.165, 1.54) is 4.68 Å². The van der Waals surface area contributed by atoms with Gasteiger partial charge in [0.1, 0.15) is 5.66 Å². The summed E-state index contributed by atoms with van der Waals surface area (Å²) in [6.07, 6.45) is -1.21. The highest BCUT2D eigenvalue weighted by atomic mass is 19.4. The second kappa shape index (κ2) is 2.25. The Labute approximate surface area is 72.3 Å². The van der Waals surface area contributed by atoms with Gasteiger partial charge in [-0.1, -0.05) is 0 Å². The Balaban J connectivity index is 2.29. The minimum absolute atomic E-state index is 0.663. The standard InChI is InChI=1S/C7H8F3N3/c8-7(9,10)5-3-12-13(4-5)6(11)1-2-6/h3-4H,1-2,11H2. The molecule has 0 atom stereocenters. The maximum absolute atomic E-state index is 12.1. The zero-order valence-electron chi connectivity index (χ0n) is 6.67. The van der Waals surface area contributed by atoms with Gasteiger partial charge in [-0.15, -0.1) is 0 Å². The predicted octanol–water partition coefficient (Wildman–Crippen LogP) is 1.31. The summed E-state index contributed by atoms with van der Waals surface area (Å²) in [5.74, 6) is 0. The lowest BCUT2D eigenvalue weighted by Gasteiger charge is -2.08. The molecule has 13 heavy (non-hydrogen) atoms. The highest BCUT2D eigenvalue weighted by Gasteiger charge is 2.43. The van der Waals surface area contributed by atoms with Gasteiger partial charge in [-0.25, -0.2) is 0 Å².